The van der Waals surface area contributed by atoms with Crippen molar-refractivity contribution < 1.29 is 38.7 Å². The van der Waals surface area contributed by atoms with Gasteiger partial charge in [-0.15, -0.1) is 0 Å². The molecule has 8 bridgehead atoms. The van der Waals surface area contributed by atoms with Gasteiger partial charge in [-0.1, -0.05) is 63.5 Å². The summed E-state index contributed by atoms with van der Waals surface area (Å²) in [6, 6.07) is 10.8. The molecule has 5 heterocycles. The Bertz CT molecular complexity index is 1780. The Kier molecular flexibility index (Phi) is 19.0. The molecule has 8 atom stereocenters. The lowest BCUT2D eigenvalue weighted by atomic mass is 9.76. The smallest absolute Gasteiger partial charge is 0.303 e. The standard InChI is InChI=1S/C32H56N8.2C11H14O4.Si/c1-2-10-18-17(9-1)25-33-26(18)38-28-21-13-5-6-14-22(21)30(35-28)40-32-24-16-8-7-15-23(24)31(36-32)39-29-20-12-4-3-11-19(20)27(34-29)37-25;2*1-14-9-5-3-8(4-6-11(12)13)7-10(9)15-2;/h17-40H,1-16H2;2*3,5,7H,4,6H2,1-2H3,(H,12,13);. The molecule has 0 aromatic heterocycles. The first-order valence-electron chi connectivity index (χ1n) is 27.1. The average molecular weight is 1000 g/mol. The molecule has 9 aliphatic rings. The van der Waals surface area contributed by atoms with E-state index in [1.54, 1.807) is 52.7 Å². The Hall–Kier alpha value is -3.52. The Morgan fingerprint density at radius 1 is 0.394 bits per heavy atom. The quantitative estimate of drug-likeness (QED) is 0.130. The monoisotopic (exact) mass is 1000 g/mol. The van der Waals surface area contributed by atoms with Gasteiger partial charge in [-0.05, 0) is 147 Å². The van der Waals surface area contributed by atoms with E-state index in [0.717, 1.165) is 58.5 Å². The van der Waals surface area contributed by atoms with Crippen LogP contribution in [0.1, 0.15) is 127 Å². The first-order valence-corrected chi connectivity index (χ1v) is 27.1. The van der Waals surface area contributed by atoms with Gasteiger partial charge in [0.05, 0.1) is 77.8 Å². The van der Waals surface area contributed by atoms with Gasteiger partial charge in [-0.25, -0.2) is 0 Å². The highest BCUT2D eigenvalue weighted by molar-refractivity contribution is 5.75. The summed E-state index contributed by atoms with van der Waals surface area (Å²) < 4.78 is 20.4. The summed E-state index contributed by atoms with van der Waals surface area (Å²) in [5.74, 6) is 6.92. The van der Waals surface area contributed by atoms with Crippen molar-refractivity contribution in [3.8, 4) is 23.0 Å². The van der Waals surface area contributed by atoms with Gasteiger partial charge in [0.25, 0.3) is 0 Å². The van der Waals surface area contributed by atoms with Crippen LogP contribution in [-0.4, -0.2) is 111 Å². The van der Waals surface area contributed by atoms with Crippen molar-refractivity contribution in [2.24, 2.45) is 47.3 Å². The van der Waals surface area contributed by atoms with Crippen molar-refractivity contribution in [1.82, 2.24) is 42.5 Å². The molecular weight excluding hydrogens is 917 g/mol. The van der Waals surface area contributed by atoms with Gasteiger partial charge < -0.3 is 29.2 Å². The normalized spacial score (nSPS) is 36.6. The number of nitrogens with one attached hydrogen (secondary N) is 8. The molecule has 0 spiro atoms. The lowest BCUT2D eigenvalue weighted by Gasteiger charge is -2.35. The third kappa shape index (κ3) is 12.5. The molecule has 71 heavy (non-hydrogen) atoms. The Labute approximate surface area is 426 Å². The fourth-order valence-corrected chi connectivity index (χ4v) is 14.5. The fraction of sp³-hybridized carbons (Fsp3) is 0.741. The number of ether oxygens (including phenoxy) is 4. The third-order valence-electron chi connectivity index (χ3n) is 17.9. The minimum absolute atomic E-state index is 0. The summed E-state index contributed by atoms with van der Waals surface area (Å²) in [6.07, 6.45) is 26.8. The molecule has 2 aromatic rings. The molecule has 5 saturated heterocycles. The van der Waals surface area contributed by atoms with E-state index >= 15 is 0 Å². The molecule has 4 radical (unpaired) electrons. The van der Waals surface area contributed by atoms with Crippen LogP contribution in [-0.2, 0) is 22.4 Å². The number of aryl methyl sites for hydroxylation is 2. The third-order valence-corrected chi connectivity index (χ3v) is 17.9. The maximum Gasteiger partial charge on any atom is 0.303 e. The second kappa shape index (κ2) is 25.1. The van der Waals surface area contributed by atoms with Crippen LogP contribution >= 0.6 is 0 Å². The number of carbonyl (C=O) groups is 2. The van der Waals surface area contributed by atoms with E-state index in [0.29, 0.717) is 85.2 Å². The molecule has 11 rings (SSSR count). The zero-order chi connectivity index (χ0) is 48.7. The largest absolute Gasteiger partial charge is 0.493 e. The number of hydrogen-bond donors (Lipinski definition) is 10. The van der Waals surface area contributed by atoms with E-state index in [4.69, 9.17) is 29.2 Å². The first-order chi connectivity index (χ1) is 34.1. The van der Waals surface area contributed by atoms with E-state index in [1.807, 2.05) is 12.1 Å². The van der Waals surface area contributed by atoms with Crippen molar-refractivity contribution in [2.45, 2.75) is 178 Å². The van der Waals surface area contributed by atoms with Crippen LogP contribution in [0, 0.1) is 47.3 Å². The van der Waals surface area contributed by atoms with Gasteiger partial charge in [0.1, 0.15) is 0 Å². The molecule has 8 unspecified atom stereocenters. The van der Waals surface area contributed by atoms with Crippen LogP contribution in [0.25, 0.3) is 0 Å². The first kappa shape index (κ1) is 53.8. The summed E-state index contributed by atoms with van der Waals surface area (Å²) >= 11 is 0. The molecule has 5 aliphatic heterocycles. The topological polar surface area (TPSA) is 208 Å². The van der Waals surface area contributed by atoms with Crippen molar-refractivity contribution >= 4 is 22.9 Å². The van der Waals surface area contributed by atoms with Crippen LogP contribution in [0.5, 0.6) is 23.0 Å². The molecule has 17 heteroatoms. The summed E-state index contributed by atoms with van der Waals surface area (Å²) in [4.78, 5) is 20.8. The summed E-state index contributed by atoms with van der Waals surface area (Å²) in [5, 5.41) is 50.9. The van der Waals surface area contributed by atoms with Gasteiger partial charge in [-0.3, -0.25) is 52.1 Å². The zero-order valence-electron chi connectivity index (χ0n) is 42.7. The van der Waals surface area contributed by atoms with Gasteiger partial charge in [0.2, 0.25) is 0 Å². The van der Waals surface area contributed by atoms with Crippen molar-refractivity contribution in [1.29, 1.82) is 0 Å². The molecule has 392 valence electrons. The predicted octanol–water partition coefficient (Wildman–Crippen LogP) is 5.67. The summed E-state index contributed by atoms with van der Waals surface area (Å²) in [5.41, 5.74) is 1.85. The molecule has 2 aromatic carbocycles. The molecular formula is C54H84N8O8Si. The van der Waals surface area contributed by atoms with Gasteiger partial charge >= 0.3 is 11.9 Å². The number of benzene rings is 2. The predicted molar refractivity (Wildman–Crippen MR) is 274 cm³/mol. The minimum atomic E-state index is -0.801. The van der Waals surface area contributed by atoms with E-state index in [2.05, 4.69) is 42.5 Å². The SMILES string of the molecule is C1CCC2C3NC(NC4NC(NC5NC(NC6NC(N3)C3CCCCC63)C3CCCCC53)C3CCCCC43)C2C1.COc1ccc(CCC(=O)O)cc1OC.COc1ccc(CCC(=O)O)cc1OC.[Si]. The molecule has 0 amide bonds. The van der Waals surface area contributed by atoms with E-state index in [-0.39, 0.29) is 23.8 Å². The highest BCUT2D eigenvalue weighted by Crippen LogP contribution is 2.46. The second-order valence-corrected chi connectivity index (χ2v) is 21.8. The van der Waals surface area contributed by atoms with E-state index in [1.165, 1.54) is 103 Å². The van der Waals surface area contributed by atoms with Crippen LogP contribution in [0.15, 0.2) is 36.4 Å². The number of methoxy groups -OCH3 is 4. The zero-order valence-corrected chi connectivity index (χ0v) is 43.7. The Morgan fingerprint density at radius 3 is 0.789 bits per heavy atom. The minimum Gasteiger partial charge on any atom is -0.493 e. The highest BCUT2D eigenvalue weighted by atomic mass is 28.1. The summed E-state index contributed by atoms with van der Waals surface area (Å²) in [6.45, 7) is 0. The van der Waals surface area contributed by atoms with Gasteiger partial charge in [0, 0.05) is 23.8 Å². The number of rotatable bonds is 10. The Morgan fingerprint density at radius 2 is 0.606 bits per heavy atom. The number of hydrogen-bond acceptors (Lipinski definition) is 14. The van der Waals surface area contributed by atoms with Crippen LogP contribution < -0.4 is 61.5 Å². The number of carboxylic acid groups (broad SMARTS) is 2. The Balaban J connectivity index is 0.000000181. The highest BCUT2D eigenvalue weighted by Gasteiger charge is 2.54. The van der Waals surface area contributed by atoms with Crippen molar-refractivity contribution in [2.75, 3.05) is 28.4 Å². The van der Waals surface area contributed by atoms with Gasteiger partial charge in [-0.2, -0.15) is 0 Å². The van der Waals surface area contributed by atoms with Gasteiger partial charge in [0.15, 0.2) is 23.0 Å². The van der Waals surface area contributed by atoms with Crippen LogP contribution in [0.2, 0.25) is 0 Å². The molecule has 10 N–H and O–H groups in total. The van der Waals surface area contributed by atoms with Crippen LogP contribution in [0.4, 0.5) is 0 Å². The van der Waals surface area contributed by atoms with Crippen LogP contribution in [0.3, 0.4) is 0 Å². The second-order valence-electron chi connectivity index (χ2n) is 21.8. The molecule has 9 fully saturated rings. The van der Waals surface area contributed by atoms with Crippen molar-refractivity contribution in [3.05, 3.63) is 47.5 Å². The number of carboxylic acids is 2. The lowest BCUT2D eigenvalue weighted by Crippen LogP contribution is -2.61. The van der Waals surface area contributed by atoms with Crippen molar-refractivity contribution in [3.63, 3.8) is 0 Å². The summed E-state index contributed by atoms with van der Waals surface area (Å²) in [7, 11) is 6.24. The maximum absolute atomic E-state index is 10.4. The van der Waals surface area contributed by atoms with E-state index < -0.39 is 11.9 Å². The molecule has 4 saturated carbocycles. The number of aliphatic carboxylic acids is 2. The van der Waals surface area contributed by atoms with E-state index in [9.17, 15) is 9.59 Å². The average Bonchev–Trinajstić information content (AvgIpc) is 4.13. The number of fused-ring (bicyclic) bond motifs is 20. The molecule has 16 nitrogen and oxygen atoms in total. The molecule has 4 aliphatic carbocycles. The fourth-order valence-electron chi connectivity index (χ4n) is 14.5. The lowest BCUT2D eigenvalue weighted by molar-refractivity contribution is -0.138. The maximum atomic E-state index is 10.4.